The van der Waals surface area contributed by atoms with E-state index < -0.39 is 5.91 Å². The van der Waals surface area contributed by atoms with Crippen LogP contribution in [0.2, 0.25) is 0 Å². The average molecular weight is 309 g/mol. The summed E-state index contributed by atoms with van der Waals surface area (Å²) >= 11 is 0. The van der Waals surface area contributed by atoms with Crippen molar-refractivity contribution in [3.8, 4) is 0 Å². The predicted octanol–water partition coefficient (Wildman–Crippen LogP) is 2.62. The molecule has 0 aliphatic heterocycles. The van der Waals surface area contributed by atoms with E-state index in [-0.39, 0.29) is 11.8 Å². The van der Waals surface area contributed by atoms with Crippen LogP contribution in [0, 0.1) is 5.82 Å². The van der Waals surface area contributed by atoms with Crippen molar-refractivity contribution in [2.45, 2.75) is 12.8 Å². The predicted molar refractivity (Wildman–Crippen MR) is 88.4 cm³/mol. The number of hydrogen-bond acceptors (Lipinski definition) is 1. The van der Waals surface area contributed by atoms with Crippen molar-refractivity contribution in [2.75, 3.05) is 0 Å². The standard InChI is InChI=1S/C18H16FN3O/c19-14-8-6-12(7-9-14)15-3-1-2-11-4-5-13(10-16(11)15)17(23)22-18(20)21/h3-10H,1-2H2,(H4,20,21,22,23). The topological polar surface area (TPSA) is 81.5 Å². The van der Waals surface area contributed by atoms with E-state index in [1.165, 1.54) is 12.1 Å². The van der Waals surface area contributed by atoms with Crippen LogP contribution in [0.4, 0.5) is 4.39 Å². The zero-order chi connectivity index (χ0) is 16.4. The van der Waals surface area contributed by atoms with Crippen molar-refractivity contribution in [1.29, 1.82) is 0 Å². The molecule has 2 aromatic rings. The first-order valence-corrected chi connectivity index (χ1v) is 7.28. The maximum atomic E-state index is 13.1. The molecule has 0 aromatic heterocycles. The summed E-state index contributed by atoms with van der Waals surface area (Å²) in [5, 5.41) is 0. The molecular formula is C18H16FN3O. The highest BCUT2D eigenvalue weighted by atomic mass is 19.1. The van der Waals surface area contributed by atoms with Crippen LogP contribution in [0.15, 0.2) is 53.5 Å². The summed E-state index contributed by atoms with van der Waals surface area (Å²) < 4.78 is 13.1. The molecule has 0 atom stereocenters. The van der Waals surface area contributed by atoms with Crippen molar-refractivity contribution in [3.63, 3.8) is 0 Å². The number of aryl methyl sites for hydroxylation is 1. The Morgan fingerprint density at radius 2 is 1.83 bits per heavy atom. The third-order valence-corrected chi connectivity index (χ3v) is 3.79. The first-order valence-electron chi connectivity index (χ1n) is 7.28. The monoisotopic (exact) mass is 309 g/mol. The lowest BCUT2D eigenvalue weighted by Gasteiger charge is -2.19. The van der Waals surface area contributed by atoms with Crippen molar-refractivity contribution in [3.05, 3.63) is 76.6 Å². The van der Waals surface area contributed by atoms with Gasteiger partial charge in [-0.05, 0) is 59.4 Å². The molecule has 5 heteroatoms. The minimum atomic E-state index is -0.475. The lowest BCUT2D eigenvalue weighted by atomic mass is 9.86. The van der Waals surface area contributed by atoms with Crippen LogP contribution in [0.5, 0.6) is 0 Å². The molecule has 0 saturated carbocycles. The van der Waals surface area contributed by atoms with Gasteiger partial charge in [-0.2, -0.15) is 4.99 Å². The molecule has 1 aliphatic carbocycles. The summed E-state index contributed by atoms with van der Waals surface area (Å²) in [6.07, 6.45) is 3.90. The van der Waals surface area contributed by atoms with Crippen molar-refractivity contribution >= 4 is 17.4 Å². The van der Waals surface area contributed by atoms with Gasteiger partial charge in [-0.25, -0.2) is 4.39 Å². The SMILES string of the molecule is NC(N)=NC(=O)c1ccc2c(c1)C(c1ccc(F)cc1)=CCC2. The number of aliphatic imine (C=N–C) groups is 1. The van der Waals surface area contributed by atoms with Crippen LogP contribution in [0.3, 0.4) is 0 Å². The molecule has 0 fully saturated rings. The van der Waals surface area contributed by atoms with E-state index in [1.807, 2.05) is 6.07 Å². The van der Waals surface area contributed by atoms with Gasteiger partial charge in [0.25, 0.3) is 5.91 Å². The molecule has 2 aromatic carbocycles. The van der Waals surface area contributed by atoms with Gasteiger partial charge in [0.2, 0.25) is 0 Å². The minimum Gasteiger partial charge on any atom is -0.370 e. The molecule has 1 aliphatic rings. The number of hydrogen-bond donors (Lipinski definition) is 2. The van der Waals surface area contributed by atoms with Gasteiger partial charge in [0, 0.05) is 5.56 Å². The third kappa shape index (κ3) is 3.13. The van der Waals surface area contributed by atoms with Gasteiger partial charge in [0.05, 0.1) is 0 Å². The van der Waals surface area contributed by atoms with E-state index >= 15 is 0 Å². The molecule has 23 heavy (non-hydrogen) atoms. The third-order valence-electron chi connectivity index (χ3n) is 3.79. The summed E-state index contributed by atoms with van der Waals surface area (Å²) in [4.78, 5) is 15.6. The number of rotatable bonds is 2. The number of nitrogens with two attached hydrogens (primary N) is 2. The summed E-state index contributed by atoms with van der Waals surface area (Å²) in [5.74, 6) is -1.01. The molecule has 0 spiro atoms. The Hall–Kier alpha value is -2.95. The van der Waals surface area contributed by atoms with Gasteiger partial charge in [0.15, 0.2) is 5.96 Å². The fourth-order valence-electron chi connectivity index (χ4n) is 2.74. The summed E-state index contributed by atoms with van der Waals surface area (Å²) in [6, 6.07) is 11.8. The van der Waals surface area contributed by atoms with Crippen LogP contribution in [0.1, 0.15) is 33.5 Å². The van der Waals surface area contributed by atoms with Crippen LogP contribution >= 0.6 is 0 Å². The number of guanidine groups is 1. The summed E-state index contributed by atoms with van der Waals surface area (Å²) in [5.41, 5.74) is 15.0. The fraction of sp³-hybridized carbons (Fsp3) is 0.111. The van der Waals surface area contributed by atoms with E-state index in [2.05, 4.69) is 11.1 Å². The summed E-state index contributed by atoms with van der Waals surface area (Å²) in [6.45, 7) is 0. The van der Waals surface area contributed by atoms with Gasteiger partial charge in [-0.1, -0.05) is 24.3 Å². The zero-order valence-electron chi connectivity index (χ0n) is 12.4. The Kier molecular flexibility index (Phi) is 3.93. The Morgan fingerprint density at radius 1 is 1.09 bits per heavy atom. The highest BCUT2D eigenvalue weighted by Crippen LogP contribution is 2.32. The maximum absolute atomic E-state index is 13.1. The van der Waals surface area contributed by atoms with E-state index in [1.54, 1.807) is 24.3 Å². The molecule has 0 saturated heterocycles. The van der Waals surface area contributed by atoms with Gasteiger partial charge in [-0.15, -0.1) is 0 Å². The Balaban J connectivity index is 2.05. The Bertz CT molecular complexity index is 819. The fourth-order valence-corrected chi connectivity index (χ4v) is 2.74. The minimum absolute atomic E-state index is 0.262. The number of fused-ring (bicyclic) bond motifs is 1. The average Bonchev–Trinajstić information content (AvgIpc) is 2.54. The normalized spacial score (nSPS) is 13.0. The highest BCUT2D eigenvalue weighted by Gasteiger charge is 2.17. The number of nitrogens with zero attached hydrogens (tertiary/aromatic N) is 1. The van der Waals surface area contributed by atoms with Gasteiger partial charge in [-0.3, -0.25) is 4.79 Å². The van der Waals surface area contributed by atoms with Crippen molar-refractivity contribution in [1.82, 2.24) is 0 Å². The lowest BCUT2D eigenvalue weighted by Crippen LogP contribution is -2.24. The van der Waals surface area contributed by atoms with Crippen LogP contribution in [-0.4, -0.2) is 11.9 Å². The number of benzene rings is 2. The van der Waals surface area contributed by atoms with Gasteiger partial charge >= 0.3 is 0 Å². The lowest BCUT2D eigenvalue weighted by molar-refractivity contribution is 0.100. The second-order valence-corrected chi connectivity index (χ2v) is 5.38. The molecule has 4 nitrogen and oxygen atoms in total. The molecule has 0 radical (unpaired) electrons. The molecule has 1 amide bonds. The highest BCUT2D eigenvalue weighted by molar-refractivity contribution is 6.02. The van der Waals surface area contributed by atoms with E-state index in [4.69, 9.17) is 11.5 Å². The largest absolute Gasteiger partial charge is 0.370 e. The van der Waals surface area contributed by atoms with Gasteiger partial charge < -0.3 is 11.5 Å². The van der Waals surface area contributed by atoms with Crippen LogP contribution in [0.25, 0.3) is 5.57 Å². The van der Waals surface area contributed by atoms with Crippen LogP contribution < -0.4 is 11.5 Å². The molecule has 116 valence electrons. The van der Waals surface area contributed by atoms with Crippen molar-refractivity contribution in [2.24, 2.45) is 16.5 Å². The Labute approximate surface area is 133 Å². The van der Waals surface area contributed by atoms with E-state index in [9.17, 15) is 9.18 Å². The van der Waals surface area contributed by atoms with Crippen molar-refractivity contribution < 1.29 is 9.18 Å². The number of amides is 1. The number of allylic oxidation sites excluding steroid dienone is 1. The molecule has 0 unspecified atom stereocenters. The molecule has 0 bridgehead atoms. The molecule has 4 N–H and O–H groups in total. The zero-order valence-corrected chi connectivity index (χ0v) is 12.4. The van der Waals surface area contributed by atoms with E-state index in [0.717, 1.165) is 35.1 Å². The van der Waals surface area contributed by atoms with Crippen LogP contribution in [-0.2, 0) is 6.42 Å². The molecule has 0 heterocycles. The maximum Gasteiger partial charge on any atom is 0.280 e. The summed E-state index contributed by atoms with van der Waals surface area (Å²) in [7, 11) is 0. The number of halogens is 1. The second kappa shape index (κ2) is 6.04. The quantitative estimate of drug-likeness (QED) is 0.661. The first kappa shape index (κ1) is 15.0. The van der Waals surface area contributed by atoms with Gasteiger partial charge in [0.1, 0.15) is 5.82 Å². The number of carbonyl (C=O) groups excluding carboxylic acids is 1. The number of carbonyl (C=O) groups is 1. The molecule has 3 rings (SSSR count). The first-order chi connectivity index (χ1) is 11.0. The Morgan fingerprint density at radius 3 is 2.52 bits per heavy atom. The molecular weight excluding hydrogens is 293 g/mol. The second-order valence-electron chi connectivity index (χ2n) is 5.38. The van der Waals surface area contributed by atoms with E-state index in [0.29, 0.717) is 5.56 Å². The smallest absolute Gasteiger partial charge is 0.280 e.